The fourth-order valence-electron chi connectivity index (χ4n) is 2.96. The summed E-state index contributed by atoms with van der Waals surface area (Å²) < 4.78 is 42.6. The summed E-state index contributed by atoms with van der Waals surface area (Å²) in [6.07, 6.45) is -3.90. The number of fused-ring (bicyclic) bond motifs is 1. The van der Waals surface area contributed by atoms with Crippen LogP contribution in [0.1, 0.15) is 31.4 Å². The Balaban J connectivity index is 2.34. The largest absolute Gasteiger partial charge is 0.495 e. The predicted molar refractivity (Wildman–Crippen MR) is 76.7 cm³/mol. The van der Waals surface area contributed by atoms with E-state index in [4.69, 9.17) is 10.5 Å². The van der Waals surface area contributed by atoms with Crippen molar-refractivity contribution in [3.63, 3.8) is 0 Å². The zero-order valence-corrected chi connectivity index (χ0v) is 12.7. The third-order valence-corrected chi connectivity index (χ3v) is 4.29. The van der Waals surface area contributed by atoms with E-state index < -0.39 is 23.5 Å². The summed E-state index contributed by atoms with van der Waals surface area (Å²) in [4.78, 5) is 11.2. The number of nitrogens with one attached hydrogen (secondary N) is 1. The highest BCUT2D eigenvalue weighted by Gasteiger charge is 2.44. The summed E-state index contributed by atoms with van der Waals surface area (Å²) in [6.45, 7) is 3.61. The number of amides is 1. The molecule has 0 heterocycles. The number of rotatable bonds is 2. The van der Waals surface area contributed by atoms with Crippen LogP contribution in [-0.2, 0) is 16.6 Å². The van der Waals surface area contributed by atoms with Gasteiger partial charge < -0.3 is 15.8 Å². The molecule has 1 aliphatic rings. The van der Waals surface area contributed by atoms with E-state index in [1.807, 2.05) is 6.07 Å². The molecule has 22 heavy (non-hydrogen) atoms. The van der Waals surface area contributed by atoms with E-state index in [2.05, 4.69) is 5.32 Å². The van der Waals surface area contributed by atoms with Gasteiger partial charge in [-0.25, -0.2) is 0 Å². The molecule has 122 valence electrons. The first-order chi connectivity index (χ1) is 10.1. The molecule has 0 radical (unpaired) electrons. The number of anilines is 1. The van der Waals surface area contributed by atoms with E-state index >= 15 is 0 Å². The van der Waals surface area contributed by atoms with Crippen LogP contribution >= 0.6 is 0 Å². The quantitative estimate of drug-likeness (QED) is 0.824. The van der Waals surface area contributed by atoms with Gasteiger partial charge in [-0.1, -0.05) is 13.8 Å². The molecule has 0 aliphatic heterocycles. The van der Waals surface area contributed by atoms with E-state index in [0.29, 0.717) is 24.3 Å². The van der Waals surface area contributed by atoms with Crippen LogP contribution in [0.5, 0.6) is 5.75 Å². The molecule has 1 atom stereocenters. The Hall–Kier alpha value is -1.92. The molecule has 1 aromatic carbocycles. The Kier molecular flexibility index (Phi) is 4.02. The van der Waals surface area contributed by atoms with Crippen molar-refractivity contribution >= 4 is 11.6 Å². The Morgan fingerprint density at radius 1 is 1.41 bits per heavy atom. The molecule has 1 unspecified atom stereocenters. The van der Waals surface area contributed by atoms with E-state index in [9.17, 15) is 18.0 Å². The van der Waals surface area contributed by atoms with Crippen molar-refractivity contribution in [3.05, 3.63) is 23.3 Å². The van der Waals surface area contributed by atoms with Gasteiger partial charge in [0.15, 0.2) is 0 Å². The van der Waals surface area contributed by atoms with Crippen molar-refractivity contribution in [1.29, 1.82) is 0 Å². The summed E-state index contributed by atoms with van der Waals surface area (Å²) in [5, 5.41) is 2.10. The molecule has 0 saturated heterocycles. The molecule has 0 bridgehead atoms. The number of nitrogens with two attached hydrogens (primary N) is 1. The molecule has 0 saturated carbocycles. The maximum absolute atomic E-state index is 12.5. The SMILES string of the molecule is COc1cc2c(cc1N)C(C)(C)C(NC(=O)C(F)(F)F)CC2. The average Bonchev–Trinajstić information content (AvgIpc) is 2.41. The number of nitrogen functional groups attached to an aromatic ring is 1. The van der Waals surface area contributed by atoms with Gasteiger partial charge in [-0.2, -0.15) is 13.2 Å². The summed E-state index contributed by atoms with van der Waals surface area (Å²) in [5.74, 6) is -1.36. The Labute approximate surface area is 126 Å². The third kappa shape index (κ3) is 2.84. The number of hydrogen-bond donors (Lipinski definition) is 2. The Morgan fingerprint density at radius 2 is 2.05 bits per heavy atom. The van der Waals surface area contributed by atoms with Crippen LogP contribution in [0.2, 0.25) is 0 Å². The highest BCUT2D eigenvalue weighted by Crippen LogP contribution is 2.41. The molecular formula is C15H19F3N2O2. The lowest BCUT2D eigenvalue weighted by Gasteiger charge is -2.41. The van der Waals surface area contributed by atoms with Gasteiger partial charge in [-0.05, 0) is 36.1 Å². The van der Waals surface area contributed by atoms with Crippen LogP contribution in [0.15, 0.2) is 12.1 Å². The van der Waals surface area contributed by atoms with Crippen molar-refractivity contribution in [3.8, 4) is 5.75 Å². The predicted octanol–water partition coefficient (Wildman–Crippen LogP) is 2.55. The van der Waals surface area contributed by atoms with E-state index in [-0.39, 0.29) is 0 Å². The smallest absolute Gasteiger partial charge is 0.471 e. The van der Waals surface area contributed by atoms with Gasteiger partial charge >= 0.3 is 12.1 Å². The highest BCUT2D eigenvalue weighted by atomic mass is 19.4. The topological polar surface area (TPSA) is 64.3 Å². The normalized spacial score (nSPS) is 20.2. The standard InChI is InChI=1S/C15H19F3N2O2/c1-14(2)9-7-10(19)11(22-3)6-8(9)4-5-12(14)20-13(21)15(16,17)18/h6-7,12H,4-5,19H2,1-3H3,(H,20,21). The van der Waals surface area contributed by atoms with E-state index in [1.54, 1.807) is 19.9 Å². The second kappa shape index (κ2) is 5.37. The molecule has 1 aromatic rings. The van der Waals surface area contributed by atoms with Gasteiger partial charge in [-0.15, -0.1) is 0 Å². The number of benzene rings is 1. The van der Waals surface area contributed by atoms with Crippen molar-refractivity contribution in [2.45, 2.75) is 44.3 Å². The number of hydrogen-bond acceptors (Lipinski definition) is 3. The van der Waals surface area contributed by atoms with Crippen molar-refractivity contribution < 1.29 is 22.7 Å². The van der Waals surface area contributed by atoms with Gasteiger partial charge in [0, 0.05) is 11.5 Å². The lowest BCUT2D eigenvalue weighted by Crippen LogP contribution is -2.53. The monoisotopic (exact) mass is 316 g/mol. The van der Waals surface area contributed by atoms with Crippen molar-refractivity contribution in [1.82, 2.24) is 5.32 Å². The van der Waals surface area contributed by atoms with Crippen molar-refractivity contribution in [2.75, 3.05) is 12.8 Å². The fourth-order valence-corrected chi connectivity index (χ4v) is 2.96. The van der Waals surface area contributed by atoms with Crippen molar-refractivity contribution in [2.24, 2.45) is 0 Å². The number of aryl methyl sites for hydroxylation is 1. The number of halogens is 3. The first-order valence-corrected chi connectivity index (χ1v) is 6.92. The number of carbonyl (C=O) groups excluding carboxylic acids is 1. The third-order valence-electron chi connectivity index (χ3n) is 4.29. The second-order valence-corrected chi connectivity index (χ2v) is 6.04. The van der Waals surface area contributed by atoms with Gasteiger partial charge in [0.25, 0.3) is 0 Å². The lowest BCUT2D eigenvalue weighted by atomic mass is 9.69. The molecule has 0 aromatic heterocycles. The Morgan fingerprint density at radius 3 is 2.59 bits per heavy atom. The van der Waals surface area contributed by atoms with Crippen LogP contribution in [0.4, 0.5) is 18.9 Å². The minimum absolute atomic E-state index is 0.425. The molecular weight excluding hydrogens is 297 g/mol. The number of ether oxygens (including phenoxy) is 1. The molecule has 4 nitrogen and oxygen atoms in total. The zero-order chi connectivity index (χ0) is 16.7. The fraction of sp³-hybridized carbons (Fsp3) is 0.533. The van der Waals surface area contributed by atoms with Gasteiger partial charge in [0.1, 0.15) is 5.75 Å². The van der Waals surface area contributed by atoms with Crippen LogP contribution in [0.25, 0.3) is 0 Å². The number of carbonyl (C=O) groups is 1. The average molecular weight is 316 g/mol. The van der Waals surface area contributed by atoms with Gasteiger partial charge in [-0.3, -0.25) is 4.79 Å². The minimum Gasteiger partial charge on any atom is -0.495 e. The summed E-state index contributed by atoms with van der Waals surface area (Å²) in [6, 6.07) is 2.93. The van der Waals surface area contributed by atoms with Crippen LogP contribution < -0.4 is 15.8 Å². The minimum atomic E-state index is -4.88. The maximum Gasteiger partial charge on any atom is 0.471 e. The second-order valence-electron chi connectivity index (χ2n) is 6.04. The Bertz CT molecular complexity index is 597. The maximum atomic E-state index is 12.5. The van der Waals surface area contributed by atoms with Crippen LogP contribution in [0, 0.1) is 0 Å². The first kappa shape index (κ1) is 16.5. The number of alkyl halides is 3. The van der Waals surface area contributed by atoms with E-state index in [0.717, 1.165) is 11.1 Å². The highest BCUT2D eigenvalue weighted by molar-refractivity contribution is 5.82. The first-order valence-electron chi connectivity index (χ1n) is 6.92. The molecule has 0 spiro atoms. The van der Waals surface area contributed by atoms with Crippen LogP contribution in [-0.4, -0.2) is 25.2 Å². The molecule has 7 heteroatoms. The molecule has 2 rings (SSSR count). The molecule has 1 amide bonds. The molecule has 1 aliphatic carbocycles. The van der Waals surface area contributed by atoms with Gasteiger partial charge in [0.2, 0.25) is 0 Å². The zero-order valence-electron chi connectivity index (χ0n) is 12.7. The summed E-state index contributed by atoms with van der Waals surface area (Å²) >= 11 is 0. The van der Waals surface area contributed by atoms with E-state index in [1.165, 1.54) is 7.11 Å². The summed E-state index contributed by atoms with van der Waals surface area (Å²) in [7, 11) is 1.51. The number of methoxy groups -OCH3 is 1. The molecule has 3 N–H and O–H groups in total. The lowest BCUT2D eigenvalue weighted by molar-refractivity contribution is -0.175. The molecule has 0 fully saturated rings. The van der Waals surface area contributed by atoms with Gasteiger partial charge in [0.05, 0.1) is 12.8 Å². The van der Waals surface area contributed by atoms with Crippen LogP contribution in [0.3, 0.4) is 0 Å². The summed E-state index contributed by atoms with van der Waals surface area (Å²) in [5.41, 5.74) is 7.49.